The monoisotopic (exact) mass is 290 g/mol. The first-order chi connectivity index (χ1) is 9.01. The molecule has 0 rings (SSSR count). The van der Waals surface area contributed by atoms with Crippen LogP contribution in [-0.4, -0.2) is 32.0 Å². The van der Waals surface area contributed by atoms with Crippen LogP contribution in [0.2, 0.25) is 0 Å². The van der Waals surface area contributed by atoms with Gasteiger partial charge in [0.05, 0.1) is 26.0 Å². The van der Waals surface area contributed by atoms with Crippen molar-refractivity contribution in [2.45, 2.75) is 27.2 Å². The Morgan fingerprint density at radius 2 is 1.74 bits per heavy atom. The zero-order valence-electron chi connectivity index (χ0n) is 11.9. The van der Waals surface area contributed by atoms with Crippen molar-refractivity contribution >= 4 is 13.6 Å². The fraction of sp³-hybridized carbons (Fsp3) is 0.615. The summed E-state index contributed by atoms with van der Waals surface area (Å²) in [7, 11) is -3.20. The quantitative estimate of drug-likeness (QED) is 0.267. The van der Waals surface area contributed by atoms with Gasteiger partial charge in [-0.2, -0.15) is 0 Å². The zero-order chi connectivity index (χ0) is 14.7. The van der Waals surface area contributed by atoms with Gasteiger partial charge < -0.3 is 13.8 Å². The summed E-state index contributed by atoms with van der Waals surface area (Å²) in [5, 5.41) is 0. The third kappa shape index (κ3) is 7.98. The average Bonchev–Trinajstić information content (AvgIpc) is 2.29. The highest BCUT2D eigenvalue weighted by atomic mass is 31.2. The molecule has 5 nitrogen and oxygen atoms in total. The Balaban J connectivity index is 4.92. The van der Waals surface area contributed by atoms with Crippen LogP contribution >= 0.6 is 7.60 Å². The molecule has 6 heteroatoms. The van der Waals surface area contributed by atoms with Crippen molar-refractivity contribution in [1.29, 1.82) is 0 Å². The Morgan fingerprint density at radius 3 is 2.16 bits per heavy atom. The molecule has 0 N–H and O–H groups in total. The van der Waals surface area contributed by atoms with Crippen LogP contribution in [-0.2, 0) is 23.1 Å². The normalized spacial score (nSPS) is 12.3. The summed E-state index contributed by atoms with van der Waals surface area (Å²) in [6.07, 6.45) is 3.46. The Labute approximate surface area is 115 Å². The molecule has 0 amide bonds. The summed E-state index contributed by atoms with van der Waals surface area (Å²) in [5.41, 5.74) is 0.624. The second kappa shape index (κ2) is 9.96. The molecule has 0 atom stereocenters. The molecule has 0 saturated heterocycles. The van der Waals surface area contributed by atoms with Gasteiger partial charge in [0.2, 0.25) is 0 Å². The average molecular weight is 290 g/mol. The molecule has 0 aromatic heterocycles. The number of hydrogen-bond acceptors (Lipinski definition) is 5. The molecule has 19 heavy (non-hydrogen) atoms. The van der Waals surface area contributed by atoms with E-state index in [1.165, 1.54) is 6.08 Å². The largest absolute Gasteiger partial charge is 0.463 e. The summed E-state index contributed by atoms with van der Waals surface area (Å²) in [6, 6.07) is 0. The maximum absolute atomic E-state index is 12.4. The van der Waals surface area contributed by atoms with Crippen molar-refractivity contribution in [3.05, 3.63) is 24.3 Å². The van der Waals surface area contributed by atoms with Gasteiger partial charge in [-0.3, -0.25) is 4.57 Å². The van der Waals surface area contributed by atoms with E-state index in [1.54, 1.807) is 26.8 Å². The van der Waals surface area contributed by atoms with Gasteiger partial charge in [-0.25, -0.2) is 4.79 Å². The van der Waals surface area contributed by atoms with Crippen LogP contribution < -0.4 is 0 Å². The first-order valence-corrected chi connectivity index (χ1v) is 8.09. The number of allylic oxidation sites excluding steroid dienone is 2. The molecular formula is C13H23O5P. The van der Waals surface area contributed by atoms with E-state index in [-0.39, 0.29) is 19.4 Å². The standard InChI is InChI=1S/C13H23O5P/c1-5-9-12(10-13(14)16-6-2)11-19(15,17-7-3)18-8-4/h5,10H,1,6-9,11H2,2-4H3/b12-10+. The minimum Gasteiger partial charge on any atom is -0.463 e. The van der Waals surface area contributed by atoms with Crippen LogP contribution in [0.5, 0.6) is 0 Å². The number of hydrogen-bond donors (Lipinski definition) is 0. The number of rotatable bonds is 10. The summed E-state index contributed by atoms with van der Waals surface area (Å²) in [5.74, 6) is -0.459. The van der Waals surface area contributed by atoms with E-state index >= 15 is 0 Å². The fourth-order valence-electron chi connectivity index (χ4n) is 1.48. The van der Waals surface area contributed by atoms with Gasteiger partial charge in [0.15, 0.2) is 0 Å². The minimum atomic E-state index is -3.20. The lowest BCUT2D eigenvalue weighted by Crippen LogP contribution is -2.06. The van der Waals surface area contributed by atoms with Crippen molar-refractivity contribution in [2.75, 3.05) is 26.0 Å². The molecule has 0 aliphatic heterocycles. The van der Waals surface area contributed by atoms with E-state index in [9.17, 15) is 9.36 Å². The summed E-state index contributed by atoms with van der Waals surface area (Å²) >= 11 is 0. The van der Waals surface area contributed by atoms with Crippen LogP contribution in [0.1, 0.15) is 27.2 Å². The third-order valence-corrected chi connectivity index (χ3v) is 4.16. The number of carbonyl (C=O) groups excluding carboxylic acids is 1. The Bertz CT molecular complexity index is 352. The molecule has 0 heterocycles. The Morgan fingerprint density at radius 1 is 1.16 bits per heavy atom. The molecule has 0 bridgehead atoms. The molecule has 0 aliphatic carbocycles. The molecular weight excluding hydrogens is 267 g/mol. The maximum atomic E-state index is 12.4. The van der Waals surface area contributed by atoms with Gasteiger partial charge in [-0.15, -0.1) is 6.58 Å². The van der Waals surface area contributed by atoms with E-state index in [0.29, 0.717) is 18.6 Å². The van der Waals surface area contributed by atoms with Crippen molar-refractivity contribution < 1.29 is 23.1 Å². The SMILES string of the molecule is C=CC/C(=C\C(=O)OCC)CP(=O)(OCC)OCC. The highest BCUT2D eigenvalue weighted by Gasteiger charge is 2.25. The molecule has 0 radical (unpaired) electrons. The fourth-order valence-corrected chi connectivity index (χ4v) is 3.24. The van der Waals surface area contributed by atoms with Crippen molar-refractivity contribution in [2.24, 2.45) is 0 Å². The zero-order valence-corrected chi connectivity index (χ0v) is 12.8. The van der Waals surface area contributed by atoms with E-state index in [0.717, 1.165) is 0 Å². The van der Waals surface area contributed by atoms with E-state index in [2.05, 4.69) is 6.58 Å². The minimum absolute atomic E-state index is 0.0690. The molecule has 0 aliphatic rings. The maximum Gasteiger partial charge on any atom is 0.334 e. The molecule has 0 unspecified atom stereocenters. The molecule has 0 aromatic rings. The molecule has 0 aromatic carbocycles. The van der Waals surface area contributed by atoms with Crippen LogP contribution in [0.25, 0.3) is 0 Å². The van der Waals surface area contributed by atoms with Crippen molar-refractivity contribution in [1.82, 2.24) is 0 Å². The van der Waals surface area contributed by atoms with Crippen molar-refractivity contribution in [3.63, 3.8) is 0 Å². The summed E-state index contributed by atoms with van der Waals surface area (Å²) in [6.45, 7) is 9.70. The van der Waals surface area contributed by atoms with Gasteiger partial charge >= 0.3 is 13.6 Å². The predicted molar refractivity (Wildman–Crippen MR) is 75.3 cm³/mol. The van der Waals surface area contributed by atoms with Crippen LogP contribution in [0.4, 0.5) is 0 Å². The van der Waals surface area contributed by atoms with Crippen molar-refractivity contribution in [3.8, 4) is 0 Å². The molecule has 0 fully saturated rings. The first kappa shape index (κ1) is 18.1. The lowest BCUT2D eigenvalue weighted by Gasteiger charge is -2.18. The van der Waals surface area contributed by atoms with Crippen LogP contribution in [0.3, 0.4) is 0 Å². The second-order valence-electron chi connectivity index (χ2n) is 3.65. The van der Waals surface area contributed by atoms with E-state index in [4.69, 9.17) is 13.8 Å². The lowest BCUT2D eigenvalue weighted by atomic mass is 10.2. The van der Waals surface area contributed by atoms with Gasteiger partial charge in [-0.05, 0) is 32.8 Å². The van der Waals surface area contributed by atoms with Gasteiger partial charge in [0.25, 0.3) is 0 Å². The third-order valence-electron chi connectivity index (χ3n) is 2.06. The highest BCUT2D eigenvalue weighted by molar-refractivity contribution is 7.54. The second-order valence-corrected chi connectivity index (χ2v) is 5.71. The highest BCUT2D eigenvalue weighted by Crippen LogP contribution is 2.49. The van der Waals surface area contributed by atoms with Crippen LogP contribution in [0, 0.1) is 0 Å². The predicted octanol–water partition coefficient (Wildman–Crippen LogP) is 3.32. The van der Waals surface area contributed by atoms with Gasteiger partial charge in [0, 0.05) is 6.08 Å². The summed E-state index contributed by atoms with van der Waals surface area (Å²) < 4.78 is 27.6. The van der Waals surface area contributed by atoms with E-state index < -0.39 is 13.6 Å². The van der Waals surface area contributed by atoms with Gasteiger partial charge in [-0.1, -0.05) is 6.08 Å². The Kier molecular flexibility index (Phi) is 9.48. The molecule has 110 valence electrons. The Hall–Kier alpha value is -0.900. The summed E-state index contributed by atoms with van der Waals surface area (Å²) in [4.78, 5) is 11.4. The first-order valence-electron chi connectivity index (χ1n) is 6.36. The van der Waals surface area contributed by atoms with Gasteiger partial charge in [0.1, 0.15) is 0 Å². The van der Waals surface area contributed by atoms with Crippen LogP contribution in [0.15, 0.2) is 24.3 Å². The smallest absolute Gasteiger partial charge is 0.334 e. The molecule has 0 spiro atoms. The lowest BCUT2D eigenvalue weighted by molar-refractivity contribution is -0.137. The number of esters is 1. The number of ether oxygens (including phenoxy) is 1. The molecule has 0 saturated carbocycles. The topological polar surface area (TPSA) is 61.8 Å². The van der Waals surface area contributed by atoms with E-state index in [1.807, 2.05) is 0 Å². The number of carbonyl (C=O) groups is 1.